The monoisotopic (exact) mass is 425 g/mol. The van der Waals surface area contributed by atoms with Crippen LogP contribution in [0.1, 0.15) is 54.2 Å². The zero-order valence-electron chi connectivity index (χ0n) is 18.6. The SMILES string of the molecule is CCCC(NC(=O)C(C)N1CCN(C(=O)c2ccc(C)c(F)c2)CC1)c1ccccc1. The highest BCUT2D eigenvalue weighted by atomic mass is 19.1. The second-order valence-electron chi connectivity index (χ2n) is 8.23. The van der Waals surface area contributed by atoms with E-state index in [2.05, 4.69) is 17.1 Å². The summed E-state index contributed by atoms with van der Waals surface area (Å²) in [6, 6.07) is 14.4. The number of nitrogens with one attached hydrogen (secondary N) is 1. The van der Waals surface area contributed by atoms with Crippen molar-refractivity contribution in [3.05, 3.63) is 71.0 Å². The predicted octanol–water partition coefficient (Wildman–Crippen LogP) is 3.94. The second kappa shape index (κ2) is 10.5. The summed E-state index contributed by atoms with van der Waals surface area (Å²) in [7, 11) is 0. The number of nitrogens with zero attached hydrogens (tertiary/aromatic N) is 2. The van der Waals surface area contributed by atoms with Gasteiger partial charge in [0.25, 0.3) is 5.91 Å². The lowest BCUT2D eigenvalue weighted by molar-refractivity contribution is -0.127. The van der Waals surface area contributed by atoms with E-state index in [1.807, 2.05) is 37.3 Å². The molecule has 2 aromatic rings. The van der Waals surface area contributed by atoms with E-state index in [1.54, 1.807) is 24.0 Å². The minimum absolute atomic E-state index is 0.000417. The number of hydrogen-bond acceptors (Lipinski definition) is 3. The smallest absolute Gasteiger partial charge is 0.254 e. The second-order valence-corrected chi connectivity index (χ2v) is 8.23. The van der Waals surface area contributed by atoms with Gasteiger partial charge in [-0.2, -0.15) is 0 Å². The summed E-state index contributed by atoms with van der Waals surface area (Å²) in [4.78, 5) is 29.5. The molecule has 2 unspecified atom stereocenters. The largest absolute Gasteiger partial charge is 0.348 e. The van der Waals surface area contributed by atoms with Crippen LogP contribution in [-0.2, 0) is 4.79 Å². The summed E-state index contributed by atoms with van der Waals surface area (Å²) in [5.74, 6) is -0.528. The Labute approximate surface area is 184 Å². The van der Waals surface area contributed by atoms with Crippen molar-refractivity contribution in [3.8, 4) is 0 Å². The lowest BCUT2D eigenvalue weighted by Gasteiger charge is -2.38. The predicted molar refractivity (Wildman–Crippen MR) is 120 cm³/mol. The molecule has 2 amide bonds. The lowest BCUT2D eigenvalue weighted by atomic mass is 10.0. The van der Waals surface area contributed by atoms with Crippen molar-refractivity contribution >= 4 is 11.8 Å². The minimum atomic E-state index is -0.366. The van der Waals surface area contributed by atoms with Crippen LogP contribution in [0.15, 0.2) is 48.5 Å². The summed E-state index contributed by atoms with van der Waals surface area (Å²) < 4.78 is 13.8. The Morgan fingerprint density at radius 3 is 2.35 bits per heavy atom. The van der Waals surface area contributed by atoms with E-state index in [0.717, 1.165) is 18.4 Å². The van der Waals surface area contributed by atoms with Crippen LogP contribution in [0.4, 0.5) is 4.39 Å². The maximum Gasteiger partial charge on any atom is 0.254 e. The van der Waals surface area contributed by atoms with Crippen LogP contribution in [0.5, 0.6) is 0 Å². The van der Waals surface area contributed by atoms with Crippen LogP contribution in [0.3, 0.4) is 0 Å². The van der Waals surface area contributed by atoms with Gasteiger partial charge < -0.3 is 10.2 Å². The van der Waals surface area contributed by atoms with E-state index >= 15 is 0 Å². The molecule has 1 N–H and O–H groups in total. The number of carbonyl (C=O) groups excluding carboxylic acids is 2. The van der Waals surface area contributed by atoms with E-state index in [1.165, 1.54) is 6.07 Å². The number of rotatable bonds is 7. The van der Waals surface area contributed by atoms with Crippen molar-refractivity contribution in [2.75, 3.05) is 26.2 Å². The maximum atomic E-state index is 13.8. The molecule has 1 aliphatic heterocycles. The highest BCUT2D eigenvalue weighted by Crippen LogP contribution is 2.19. The van der Waals surface area contributed by atoms with Gasteiger partial charge in [0, 0.05) is 31.7 Å². The van der Waals surface area contributed by atoms with Gasteiger partial charge in [-0.25, -0.2) is 4.39 Å². The Balaban J connectivity index is 1.56. The molecule has 3 rings (SSSR count). The maximum absolute atomic E-state index is 13.8. The van der Waals surface area contributed by atoms with Gasteiger partial charge in [0.2, 0.25) is 5.91 Å². The highest BCUT2D eigenvalue weighted by molar-refractivity contribution is 5.94. The molecule has 1 fully saturated rings. The van der Waals surface area contributed by atoms with Crippen LogP contribution in [-0.4, -0.2) is 53.8 Å². The number of amides is 2. The van der Waals surface area contributed by atoms with Gasteiger partial charge in [-0.1, -0.05) is 49.7 Å². The molecule has 1 aliphatic rings. The average Bonchev–Trinajstić information content (AvgIpc) is 2.80. The van der Waals surface area contributed by atoms with Crippen molar-refractivity contribution < 1.29 is 14.0 Å². The third kappa shape index (κ3) is 5.70. The number of benzene rings is 2. The van der Waals surface area contributed by atoms with Crippen molar-refractivity contribution in [1.29, 1.82) is 0 Å². The third-order valence-corrected chi connectivity index (χ3v) is 6.04. The van der Waals surface area contributed by atoms with Crippen molar-refractivity contribution in [1.82, 2.24) is 15.1 Å². The molecule has 1 saturated heterocycles. The van der Waals surface area contributed by atoms with Crippen LogP contribution < -0.4 is 5.32 Å². The van der Waals surface area contributed by atoms with Gasteiger partial charge >= 0.3 is 0 Å². The summed E-state index contributed by atoms with van der Waals surface area (Å²) in [6.07, 6.45) is 1.87. The van der Waals surface area contributed by atoms with E-state index in [0.29, 0.717) is 37.3 Å². The standard InChI is InChI=1S/C25H32FN3O2/c1-4-8-23(20-9-6-5-7-10-20)27-24(30)19(3)28-13-15-29(16-14-28)25(31)21-12-11-18(2)22(26)17-21/h5-7,9-12,17,19,23H,4,8,13-16H2,1-3H3,(H,27,30). The molecule has 0 bridgehead atoms. The van der Waals surface area contributed by atoms with E-state index in [4.69, 9.17) is 0 Å². The molecule has 0 radical (unpaired) electrons. The molecule has 2 atom stereocenters. The molecule has 1 heterocycles. The first-order valence-corrected chi connectivity index (χ1v) is 11.1. The molecular weight excluding hydrogens is 393 g/mol. The third-order valence-electron chi connectivity index (χ3n) is 6.04. The topological polar surface area (TPSA) is 52.7 Å². The van der Waals surface area contributed by atoms with E-state index in [-0.39, 0.29) is 29.7 Å². The van der Waals surface area contributed by atoms with Crippen molar-refractivity contribution in [2.24, 2.45) is 0 Å². The van der Waals surface area contributed by atoms with Crippen LogP contribution in [0.2, 0.25) is 0 Å². The molecule has 166 valence electrons. The Morgan fingerprint density at radius 2 is 1.74 bits per heavy atom. The lowest BCUT2D eigenvalue weighted by Crippen LogP contribution is -2.55. The van der Waals surface area contributed by atoms with Gasteiger partial charge in [-0.05, 0) is 43.5 Å². The molecule has 0 aromatic heterocycles. The first kappa shape index (κ1) is 22.9. The van der Waals surface area contributed by atoms with Gasteiger partial charge in [0.1, 0.15) is 5.82 Å². The molecular formula is C25H32FN3O2. The zero-order chi connectivity index (χ0) is 22.4. The average molecular weight is 426 g/mol. The van der Waals surface area contributed by atoms with Crippen molar-refractivity contribution in [2.45, 2.75) is 45.7 Å². The van der Waals surface area contributed by atoms with Gasteiger partial charge in [-0.15, -0.1) is 0 Å². The van der Waals surface area contributed by atoms with Gasteiger partial charge in [-0.3, -0.25) is 14.5 Å². The molecule has 31 heavy (non-hydrogen) atoms. The fraction of sp³-hybridized carbons (Fsp3) is 0.440. The fourth-order valence-corrected chi connectivity index (χ4v) is 3.98. The molecule has 6 heteroatoms. The quantitative estimate of drug-likeness (QED) is 0.731. The summed E-state index contributed by atoms with van der Waals surface area (Å²) in [6.45, 7) is 7.96. The number of halogens is 1. The molecule has 5 nitrogen and oxygen atoms in total. The van der Waals surface area contributed by atoms with Gasteiger partial charge in [0.05, 0.1) is 12.1 Å². The molecule has 0 aliphatic carbocycles. The Kier molecular flexibility index (Phi) is 7.80. The number of carbonyl (C=O) groups is 2. The van der Waals surface area contributed by atoms with Crippen LogP contribution >= 0.6 is 0 Å². The van der Waals surface area contributed by atoms with E-state index in [9.17, 15) is 14.0 Å². The van der Waals surface area contributed by atoms with Crippen molar-refractivity contribution in [3.63, 3.8) is 0 Å². The Hall–Kier alpha value is -2.73. The Morgan fingerprint density at radius 1 is 1.06 bits per heavy atom. The number of aryl methyl sites for hydroxylation is 1. The normalized spacial score (nSPS) is 16.6. The summed E-state index contributed by atoms with van der Waals surface area (Å²) in [5, 5.41) is 3.20. The molecule has 0 saturated carbocycles. The number of piperazine rings is 1. The Bertz CT molecular complexity index is 895. The minimum Gasteiger partial charge on any atom is -0.348 e. The van der Waals surface area contributed by atoms with E-state index < -0.39 is 0 Å². The molecule has 0 spiro atoms. The van der Waals surface area contributed by atoms with Crippen LogP contribution in [0, 0.1) is 12.7 Å². The summed E-state index contributed by atoms with van der Waals surface area (Å²) in [5.41, 5.74) is 2.01. The fourth-order valence-electron chi connectivity index (χ4n) is 3.98. The van der Waals surface area contributed by atoms with Crippen LogP contribution in [0.25, 0.3) is 0 Å². The zero-order valence-corrected chi connectivity index (χ0v) is 18.6. The first-order valence-electron chi connectivity index (χ1n) is 11.1. The number of hydrogen-bond donors (Lipinski definition) is 1. The molecule has 2 aromatic carbocycles. The highest BCUT2D eigenvalue weighted by Gasteiger charge is 2.29. The van der Waals surface area contributed by atoms with Gasteiger partial charge in [0.15, 0.2) is 0 Å². The summed E-state index contributed by atoms with van der Waals surface area (Å²) >= 11 is 0. The first-order chi connectivity index (χ1) is 14.9.